The van der Waals surface area contributed by atoms with Crippen LogP contribution in [0.25, 0.3) is 0 Å². The highest BCUT2D eigenvalue weighted by atomic mass is 19.1. The van der Waals surface area contributed by atoms with Crippen LogP contribution in [0.15, 0.2) is 42.5 Å². The van der Waals surface area contributed by atoms with Crippen LogP contribution < -0.4 is 15.0 Å². The lowest BCUT2D eigenvalue weighted by atomic mass is 10.1. The van der Waals surface area contributed by atoms with E-state index in [1.54, 1.807) is 4.90 Å². The lowest BCUT2D eigenvalue weighted by Gasteiger charge is -2.17. The zero-order valence-electron chi connectivity index (χ0n) is 14.1. The number of benzene rings is 2. The maximum absolute atomic E-state index is 13.7. The van der Waals surface area contributed by atoms with Gasteiger partial charge in [0.1, 0.15) is 6.04 Å². The first-order valence-electron chi connectivity index (χ1n) is 8.02. The fourth-order valence-corrected chi connectivity index (χ4v) is 2.84. The molecule has 0 aliphatic carbocycles. The van der Waals surface area contributed by atoms with E-state index in [4.69, 9.17) is 4.74 Å². The average Bonchev–Trinajstić information content (AvgIpc) is 2.96. The number of rotatable bonds is 4. The number of hydrogen-bond acceptors (Lipinski definition) is 3. The van der Waals surface area contributed by atoms with Crippen LogP contribution in [0, 0.1) is 12.7 Å². The number of hydrogen-bond donors (Lipinski definition) is 1. The van der Waals surface area contributed by atoms with Gasteiger partial charge in [-0.05, 0) is 43.7 Å². The molecule has 0 radical (unpaired) electrons. The van der Waals surface area contributed by atoms with Gasteiger partial charge in [0.15, 0.2) is 11.6 Å². The number of aryl methyl sites for hydroxylation is 1. The van der Waals surface area contributed by atoms with E-state index in [0.717, 1.165) is 17.3 Å². The molecule has 6 heteroatoms. The van der Waals surface area contributed by atoms with Crippen LogP contribution >= 0.6 is 0 Å². The van der Waals surface area contributed by atoms with Gasteiger partial charge in [0, 0.05) is 17.8 Å². The van der Waals surface area contributed by atoms with Crippen molar-refractivity contribution in [3.63, 3.8) is 0 Å². The average molecular weight is 342 g/mol. The molecule has 1 fully saturated rings. The van der Waals surface area contributed by atoms with Crippen LogP contribution in [0.4, 0.5) is 10.1 Å². The van der Waals surface area contributed by atoms with Crippen molar-refractivity contribution in [3.05, 3.63) is 59.4 Å². The molecule has 5 nitrogen and oxygen atoms in total. The number of ether oxygens (including phenoxy) is 1. The SMILES string of the molecule is COc1ccc(C(=O)N[C@@H]2CCN(c3ccc(C)cc3)C2=O)cc1F. The first kappa shape index (κ1) is 17.0. The molecular formula is C19H19FN2O3. The summed E-state index contributed by atoms with van der Waals surface area (Å²) in [6.07, 6.45) is 0.511. The molecule has 2 amide bonds. The van der Waals surface area contributed by atoms with Gasteiger partial charge in [-0.15, -0.1) is 0 Å². The Labute approximate surface area is 145 Å². The van der Waals surface area contributed by atoms with E-state index in [2.05, 4.69) is 5.32 Å². The zero-order chi connectivity index (χ0) is 18.0. The number of nitrogens with one attached hydrogen (secondary N) is 1. The number of nitrogens with zero attached hydrogens (tertiary/aromatic N) is 1. The van der Waals surface area contributed by atoms with E-state index in [0.29, 0.717) is 13.0 Å². The van der Waals surface area contributed by atoms with Crippen molar-refractivity contribution < 1.29 is 18.7 Å². The predicted molar refractivity (Wildman–Crippen MR) is 92.4 cm³/mol. The third kappa shape index (κ3) is 3.47. The van der Waals surface area contributed by atoms with Crippen molar-refractivity contribution in [3.8, 4) is 5.75 Å². The Kier molecular flexibility index (Phi) is 4.70. The molecule has 130 valence electrons. The maximum atomic E-state index is 13.7. The largest absolute Gasteiger partial charge is 0.494 e. The summed E-state index contributed by atoms with van der Waals surface area (Å²) in [7, 11) is 1.36. The Morgan fingerprint density at radius 2 is 1.96 bits per heavy atom. The summed E-state index contributed by atoms with van der Waals surface area (Å²) in [5.41, 5.74) is 2.07. The molecule has 25 heavy (non-hydrogen) atoms. The van der Waals surface area contributed by atoms with Crippen LogP contribution in [-0.2, 0) is 4.79 Å². The Morgan fingerprint density at radius 3 is 2.60 bits per heavy atom. The Balaban J connectivity index is 1.69. The minimum absolute atomic E-state index is 0.0686. The zero-order valence-corrected chi connectivity index (χ0v) is 14.1. The Morgan fingerprint density at radius 1 is 1.24 bits per heavy atom. The lowest BCUT2D eigenvalue weighted by Crippen LogP contribution is -2.41. The smallest absolute Gasteiger partial charge is 0.252 e. The molecule has 0 saturated carbocycles. The fraction of sp³-hybridized carbons (Fsp3) is 0.263. The molecule has 1 atom stereocenters. The number of amides is 2. The highest BCUT2D eigenvalue weighted by molar-refractivity contribution is 6.03. The Bertz CT molecular complexity index is 805. The van der Waals surface area contributed by atoms with E-state index >= 15 is 0 Å². The second-order valence-electron chi connectivity index (χ2n) is 5.99. The second-order valence-corrected chi connectivity index (χ2v) is 5.99. The van der Waals surface area contributed by atoms with Crippen molar-refractivity contribution in [2.75, 3.05) is 18.6 Å². The van der Waals surface area contributed by atoms with Crippen LogP contribution in [0.2, 0.25) is 0 Å². The van der Waals surface area contributed by atoms with Gasteiger partial charge in [0.25, 0.3) is 5.91 Å². The normalized spacial score (nSPS) is 16.8. The van der Waals surface area contributed by atoms with E-state index in [1.807, 2.05) is 31.2 Å². The highest BCUT2D eigenvalue weighted by Crippen LogP contribution is 2.23. The molecule has 0 unspecified atom stereocenters. The summed E-state index contributed by atoms with van der Waals surface area (Å²) in [6.45, 7) is 2.51. The predicted octanol–water partition coefficient (Wildman–Crippen LogP) is 2.68. The number of carbonyl (C=O) groups excluding carboxylic acids is 2. The number of methoxy groups -OCH3 is 1. The topological polar surface area (TPSA) is 58.6 Å². The molecule has 1 aliphatic heterocycles. The monoisotopic (exact) mass is 342 g/mol. The lowest BCUT2D eigenvalue weighted by molar-refractivity contribution is -0.118. The van der Waals surface area contributed by atoms with Crippen molar-refractivity contribution in [1.29, 1.82) is 0 Å². The molecule has 2 aromatic carbocycles. The standard InChI is InChI=1S/C19H19FN2O3/c1-12-3-6-14(7-4-12)22-10-9-16(19(22)24)21-18(23)13-5-8-17(25-2)15(20)11-13/h3-8,11,16H,9-10H2,1-2H3,(H,21,23)/t16-/m1/s1. The van der Waals surface area contributed by atoms with Crippen LogP contribution in [0.1, 0.15) is 22.3 Å². The molecule has 1 saturated heterocycles. The van der Waals surface area contributed by atoms with Crippen LogP contribution in [-0.4, -0.2) is 31.5 Å². The highest BCUT2D eigenvalue weighted by Gasteiger charge is 2.33. The molecule has 1 heterocycles. The van der Waals surface area contributed by atoms with E-state index in [9.17, 15) is 14.0 Å². The van der Waals surface area contributed by atoms with Gasteiger partial charge in [0.05, 0.1) is 7.11 Å². The third-order valence-electron chi connectivity index (χ3n) is 4.27. The minimum atomic E-state index is -0.616. The van der Waals surface area contributed by atoms with Crippen molar-refractivity contribution in [2.45, 2.75) is 19.4 Å². The van der Waals surface area contributed by atoms with Gasteiger partial charge >= 0.3 is 0 Å². The first-order chi connectivity index (χ1) is 12.0. The number of anilines is 1. The summed E-state index contributed by atoms with van der Waals surface area (Å²) in [5.74, 6) is -1.19. The second kappa shape index (κ2) is 6.93. The quantitative estimate of drug-likeness (QED) is 0.929. The van der Waals surface area contributed by atoms with Crippen LogP contribution in [0.5, 0.6) is 5.75 Å². The van der Waals surface area contributed by atoms with E-state index in [1.165, 1.54) is 19.2 Å². The third-order valence-corrected chi connectivity index (χ3v) is 4.27. The molecule has 2 aromatic rings. The van der Waals surface area contributed by atoms with E-state index in [-0.39, 0.29) is 17.2 Å². The fourth-order valence-electron chi connectivity index (χ4n) is 2.84. The molecular weight excluding hydrogens is 323 g/mol. The molecule has 0 bridgehead atoms. The molecule has 1 N–H and O–H groups in total. The molecule has 0 spiro atoms. The first-order valence-corrected chi connectivity index (χ1v) is 8.02. The van der Waals surface area contributed by atoms with Crippen molar-refractivity contribution >= 4 is 17.5 Å². The summed E-state index contributed by atoms with van der Waals surface area (Å²) in [5, 5.41) is 2.68. The van der Waals surface area contributed by atoms with Gasteiger partial charge < -0.3 is 15.0 Å². The molecule has 0 aromatic heterocycles. The maximum Gasteiger partial charge on any atom is 0.252 e. The van der Waals surface area contributed by atoms with Gasteiger partial charge in [-0.3, -0.25) is 9.59 Å². The van der Waals surface area contributed by atoms with Gasteiger partial charge in [-0.1, -0.05) is 17.7 Å². The van der Waals surface area contributed by atoms with Gasteiger partial charge in [-0.25, -0.2) is 4.39 Å². The number of carbonyl (C=O) groups is 2. The summed E-state index contributed by atoms with van der Waals surface area (Å²) < 4.78 is 18.6. The van der Waals surface area contributed by atoms with Gasteiger partial charge in [0.2, 0.25) is 5.91 Å². The Hall–Kier alpha value is -2.89. The molecule has 1 aliphatic rings. The van der Waals surface area contributed by atoms with E-state index < -0.39 is 17.8 Å². The van der Waals surface area contributed by atoms with Crippen molar-refractivity contribution in [2.24, 2.45) is 0 Å². The summed E-state index contributed by atoms with van der Waals surface area (Å²) in [6, 6.07) is 11.0. The summed E-state index contributed by atoms with van der Waals surface area (Å²) in [4.78, 5) is 26.5. The number of halogens is 1. The minimum Gasteiger partial charge on any atom is -0.494 e. The van der Waals surface area contributed by atoms with Crippen molar-refractivity contribution in [1.82, 2.24) is 5.32 Å². The van der Waals surface area contributed by atoms with Gasteiger partial charge in [-0.2, -0.15) is 0 Å². The molecule has 3 rings (SSSR count). The summed E-state index contributed by atoms with van der Waals surface area (Å²) >= 11 is 0. The van der Waals surface area contributed by atoms with Crippen LogP contribution in [0.3, 0.4) is 0 Å².